The normalized spacial score (nSPS) is 36.3. The number of carbonyl (C=O) groups is 4. The minimum Gasteiger partial charge on any atom is -0.457 e. The van der Waals surface area contributed by atoms with Gasteiger partial charge in [-0.05, 0) is 79.1 Å². The standard InChI is InChI=1S/C43H65N5O11/c1-11-33-43(7)37(48(41(54)59-43)18-13-12-17-47-22-31(45-24-47)29-15-14-16-44-21-29)27(4)34(50)25(2)20-42(6,55-10)38(28(5)35(51)30(23-49)39(53)57-33)58-40-36(52)32(46(8)9)19-26(3)56-40/h14-16,21-22,24-28,30,32-33,36-38,40,49,52H,11-13,17-20,23H2,1-10H3/t25-,26-,27+,28+,30-,32+,33-,36-,37-,38-,40+,42-,43-/m1/s1. The lowest BCUT2D eigenvalue weighted by Crippen LogP contribution is -2.60. The van der Waals surface area contributed by atoms with Crippen molar-refractivity contribution in [2.45, 2.75) is 141 Å². The molecule has 16 heteroatoms. The molecule has 0 radical (unpaired) electrons. The zero-order chi connectivity index (χ0) is 43.4. The van der Waals surface area contributed by atoms with Crippen LogP contribution >= 0.6 is 0 Å². The third-order valence-corrected chi connectivity index (χ3v) is 12.8. The molecule has 3 aliphatic rings. The second-order valence-corrected chi connectivity index (χ2v) is 17.3. The van der Waals surface area contributed by atoms with E-state index in [-0.39, 0.29) is 37.3 Å². The topological polar surface area (TPSA) is 192 Å². The Bertz CT molecular complexity index is 1760. The molecule has 5 heterocycles. The molecule has 328 valence electrons. The average molecular weight is 828 g/mol. The van der Waals surface area contributed by atoms with Gasteiger partial charge in [-0.15, -0.1) is 0 Å². The predicted octanol–water partition coefficient (Wildman–Crippen LogP) is 3.90. The molecule has 2 N–H and O–H groups in total. The van der Waals surface area contributed by atoms with Crippen molar-refractivity contribution >= 4 is 23.6 Å². The molecular weight excluding hydrogens is 762 g/mol. The van der Waals surface area contributed by atoms with Gasteiger partial charge in [-0.2, -0.15) is 0 Å². The number of likely N-dealkylation sites (N-methyl/N-ethyl adjacent to an activating group) is 1. The summed E-state index contributed by atoms with van der Waals surface area (Å²) in [5.41, 5.74) is -1.13. The fourth-order valence-electron chi connectivity index (χ4n) is 9.50. The van der Waals surface area contributed by atoms with Crippen LogP contribution in [0.5, 0.6) is 0 Å². The molecule has 1 amide bonds. The third kappa shape index (κ3) is 9.73. The summed E-state index contributed by atoms with van der Waals surface area (Å²) >= 11 is 0. The Kier molecular flexibility index (Phi) is 15.1. The Labute approximate surface area is 347 Å². The van der Waals surface area contributed by atoms with E-state index in [0.29, 0.717) is 25.8 Å². The van der Waals surface area contributed by atoms with Crippen LogP contribution in [0.2, 0.25) is 0 Å². The summed E-state index contributed by atoms with van der Waals surface area (Å²) in [5.74, 6) is -6.07. The van der Waals surface area contributed by atoms with Gasteiger partial charge in [0.25, 0.3) is 0 Å². The van der Waals surface area contributed by atoms with E-state index in [1.165, 1.54) is 7.11 Å². The number of hydrogen-bond donors (Lipinski definition) is 2. The van der Waals surface area contributed by atoms with Gasteiger partial charge in [-0.25, -0.2) is 9.78 Å². The number of unbranched alkanes of at least 4 members (excludes halogenated alkanes) is 1. The van der Waals surface area contributed by atoms with Gasteiger partial charge in [0, 0.05) is 68.1 Å². The van der Waals surface area contributed by atoms with Gasteiger partial charge in [0.2, 0.25) is 0 Å². The van der Waals surface area contributed by atoms with Crippen molar-refractivity contribution in [3.05, 3.63) is 37.1 Å². The molecule has 0 aromatic carbocycles. The molecule has 59 heavy (non-hydrogen) atoms. The maximum atomic E-state index is 14.7. The number of Topliss-reactive ketones (excluding diaryl/α,β-unsaturated/α-hetero) is 2. The molecule has 0 bridgehead atoms. The van der Waals surface area contributed by atoms with E-state index in [1.807, 2.05) is 48.8 Å². The summed E-state index contributed by atoms with van der Waals surface area (Å²) in [6.45, 7) is 12.2. The Balaban J connectivity index is 1.45. The largest absolute Gasteiger partial charge is 0.457 e. The Morgan fingerprint density at radius 2 is 1.75 bits per heavy atom. The molecule has 3 aliphatic heterocycles. The fraction of sp³-hybridized carbons (Fsp3) is 0.721. The number of cyclic esters (lactones) is 1. The summed E-state index contributed by atoms with van der Waals surface area (Å²) in [6.07, 6.45) is 3.76. The van der Waals surface area contributed by atoms with Crippen LogP contribution in [0, 0.1) is 23.7 Å². The molecule has 2 aromatic heterocycles. The summed E-state index contributed by atoms with van der Waals surface area (Å²) < 4.78 is 33.0. The SMILES string of the molecule is CC[C@H]1OC(=O)[C@H](CO)C(=O)[C@H](C)[C@@H](O[C@@H]2O[C@H](C)C[C@H](N(C)C)[C@H]2O)[C@](C)(OC)C[C@@H](C)C(=O)[C@H](C)[C@H]2N(CCCCn3cnc(-c4cccnc4)c3)C(=O)O[C@]12C. The molecule has 2 aromatic rings. The van der Waals surface area contributed by atoms with E-state index in [4.69, 9.17) is 23.7 Å². The first-order valence-corrected chi connectivity index (χ1v) is 20.9. The number of pyridine rings is 1. The van der Waals surface area contributed by atoms with Crippen molar-refractivity contribution in [3.8, 4) is 11.3 Å². The fourth-order valence-corrected chi connectivity index (χ4v) is 9.50. The van der Waals surface area contributed by atoms with Crippen LogP contribution < -0.4 is 0 Å². The van der Waals surface area contributed by atoms with E-state index in [1.54, 1.807) is 65.2 Å². The highest BCUT2D eigenvalue weighted by Gasteiger charge is 2.60. The number of ether oxygens (including phenoxy) is 5. The van der Waals surface area contributed by atoms with Gasteiger partial charge in [-0.3, -0.25) is 19.4 Å². The number of rotatable bonds is 12. The highest BCUT2D eigenvalue weighted by atomic mass is 16.7. The number of fused-ring (bicyclic) bond motifs is 1. The van der Waals surface area contributed by atoms with Gasteiger partial charge in [-0.1, -0.05) is 27.7 Å². The van der Waals surface area contributed by atoms with E-state index in [2.05, 4.69) is 9.97 Å². The third-order valence-electron chi connectivity index (χ3n) is 12.8. The highest BCUT2D eigenvalue weighted by Crippen LogP contribution is 2.43. The molecular formula is C43H65N5O11. The minimum absolute atomic E-state index is 0.0695. The first-order valence-electron chi connectivity index (χ1n) is 20.9. The second-order valence-electron chi connectivity index (χ2n) is 17.3. The average Bonchev–Trinajstić information content (AvgIpc) is 3.79. The number of nitrogens with zero attached hydrogens (tertiary/aromatic N) is 5. The molecule has 13 atom stereocenters. The number of aliphatic hydroxyl groups excluding tert-OH is 2. The molecule has 0 aliphatic carbocycles. The molecule has 3 fully saturated rings. The molecule has 16 nitrogen and oxygen atoms in total. The number of imidazole rings is 1. The Morgan fingerprint density at radius 3 is 2.37 bits per heavy atom. The summed E-state index contributed by atoms with van der Waals surface area (Å²) in [4.78, 5) is 69.1. The number of esters is 1. The molecule has 0 spiro atoms. The lowest BCUT2D eigenvalue weighted by molar-refractivity contribution is -0.295. The predicted molar refractivity (Wildman–Crippen MR) is 216 cm³/mol. The van der Waals surface area contributed by atoms with E-state index >= 15 is 0 Å². The van der Waals surface area contributed by atoms with E-state index in [9.17, 15) is 29.4 Å². The number of aromatic nitrogens is 3. The highest BCUT2D eigenvalue weighted by molar-refractivity contribution is 6.00. The van der Waals surface area contributed by atoms with Crippen LogP contribution in [-0.4, -0.2) is 147 Å². The minimum atomic E-state index is -1.62. The monoisotopic (exact) mass is 827 g/mol. The summed E-state index contributed by atoms with van der Waals surface area (Å²) in [6, 6.07) is 2.62. The number of hydrogen-bond acceptors (Lipinski definition) is 14. The van der Waals surface area contributed by atoms with Gasteiger partial charge in [0.1, 0.15) is 23.9 Å². The van der Waals surface area contributed by atoms with Crippen molar-refractivity contribution in [3.63, 3.8) is 0 Å². The van der Waals surface area contributed by atoms with E-state index in [0.717, 1.165) is 11.3 Å². The number of aliphatic hydroxyl groups is 2. The molecule has 3 saturated heterocycles. The van der Waals surface area contributed by atoms with E-state index < -0.39 is 90.0 Å². The number of ketones is 2. The molecule has 0 unspecified atom stereocenters. The Hall–Kier alpha value is -3.80. The van der Waals surface area contributed by atoms with Crippen molar-refractivity contribution in [1.82, 2.24) is 24.3 Å². The number of amides is 1. The first-order chi connectivity index (χ1) is 27.9. The van der Waals surface area contributed by atoms with Crippen molar-refractivity contribution in [2.75, 3.05) is 34.4 Å². The first kappa shape index (κ1) is 46.3. The lowest BCUT2D eigenvalue weighted by atomic mass is 9.73. The maximum absolute atomic E-state index is 14.7. The zero-order valence-electron chi connectivity index (χ0n) is 36.3. The number of aryl methyl sites for hydroxylation is 1. The Morgan fingerprint density at radius 1 is 1.03 bits per heavy atom. The van der Waals surface area contributed by atoms with Crippen LogP contribution in [0.3, 0.4) is 0 Å². The van der Waals surface area contributed by atoms with Gasteiger partial charge < -0.3 is 48.3 Å². The van der Waals surface area contributed by atoms with Crippen molar-refractivity contribution < 1.29 is 53.1 Å². The van der Waals surface area contributed by atoms with Crippen LogP contribution in [0.25, 0.3) is 11.3 Å². The molecule has 0 saturated carbocycles. The summed E-state index contributed by atoms with van der Waals surface area (Å²) in [5, 5.41) is 22.0. The van der Waals surface area contributed by atoms with Crippen LogP contribution in [-0.2, 0) is 44.6 Å². The quantitative estimate of drug-likeness (QED) is 0.178. The molecule has 5 rings (SSSR count). The van der Waals surface area contributed by atoms with Gasteiger partial charge in [0.15, 0.2) is 17.7 Å². The van der Waals surface area contributed by atoms with Crippen LogP contribution in [0.4, 0.5) is 4.79 Å². The van der Waals surface area contributed by atoms with Gasteiger partial charge in [0.05, 0.1) is 42.5 Å². The smallest absolute Gasteiger partial charge is 0.410 e. The number of carbonyl (C=O) groups excluding carboxylic acids is 4. The maximum Gasteiger partial charge on any atom is 0.410 e. The van der Waals surface area contributed by atoms with Crippen molar-refractivity contribution in [1.29, 1.82) is 0 Å². The zero-order valence-corrected chi connectivity index (χ0v) is 36.3. The van der Waals surface area contributed by atoms with Crippen LogP contribution in [0.15, 0.2) is 37.1 Å². The second kappa shape index (κ2) is 19.3. The number of methoxy groups -OCH3 is 1. The lowest BCUT2D eigenvalue weighted by Gasteiger charge is -2.47. The summed E-state index contributed by atoms with van der Waals surface area (Å²) in [7, 11) is 5.15. The van der Waals surface area contributed by atoms with Crippen molar-refractivity contribution in [2.24, 2.45) is 23.7 Å². The van der Waals surface area contributed by atoms with Crippen LogP contribution in [0.1, 0.15) is 80.6 Å². The van der Waals surface area contributed by atoms with Gasteiger partial charge >= 0.3 is 12.1 Å².